The highest BCUT2D eigenvalue weighted by atomic mass is 15.2. The third-order valence-electron chi connectivity index (χ3n) is 9.08. The van der Waals surface area contributed by atoms with Gasteiger partial charge in [-0.2, -0.15) is 0 Å². The van der Waals surface area contributed by atoms with Gasteiger partial charge >= 0.3 is 0 Å². The van der Waals surface area contributed by atoms with Crippen LogP contribution in [0.1, 0.15) is 0 Å². The molecule has 5 aromatic heterocycles. The Hall–Kier alpha value is -6.40. The van der Waals surface area contributed by atoms with Gasteiger partial charge in [-0.05, 0) is 41.1 Å². The lowest BCUT2D eigenvalue weighted by Crippen LogP contribution is -2.05. The van der Waals surface area contributed by atoms with Crippen LogP contribution in [-0.4, -0.2) is 29.1 Å². The summed E-state index contributed by atoms with van der Waals surface area (Å²) in [5.74, 6) is 0.602. The van der Waals surface area contributed by atoms with Crippen LogP contribution >= 0.6 is 0 Å². The van der Waals surface area contributed by atoms with Gasteiger partial charge in [0.2, 0.25) is 5.95 Å². The van der Waals surface area contributed by atoms with Crippen molar-refractivity contribution in [2.75, 3.05) is 0 Å². The molecule has 0 bridgehead atoms. The number of aromatic nitrogens is 6. The number of pyridine rings is 2. The van der Waals surface area contributed by atoms with Crippen LogP contribution in [0, 0.1) is 0 Å². The van der Waals surface area contributed by atoms with Crippen LogP contribution < -0.4 is 0 Å². The normalized spacial score (nSPS) is 11.9. The van der Waals surface area contributed by atoms with Crippen LogP contribution in [0.25, 0.3) is 88.2 Å². The van der Waals surface area contributed by atoms with Gasteiger partial charge in [0, 0.05) is 50.6 Å². The molecule has 214 valence electrons. The van der Waals surface area contributed by atoms with E-state index < -0.39 is 0 Å². The maximum atomic E-state index is 5.36. The highest BCUT2D eigenvalue weighted by Crippen LogP contribution is 2.46. The molecule has 6 heteroatoms. The van der Waals surface area contributed by atoms with Crippen molar-refractivity contribution in [2.45, 2.75) is 0 Å². The van der Waals surface area contributed by atoms with Crippen molar-refractivity contribution >= 4 is 65.3 Å². The lowest BCUT2D eigenvalue weighted by molar-refractivity contribution is 1.01. The second-order valence-electron chi connectivity index (χ2n) is 11.5. The van der Waals surface area contributed by atoms with E-state index in [-0.39, 0.29) is 0 Å². The first-order chi connectivity index (χ1) is 22.9. The summed E-state index contributed by atoms with van der Waals surface area (Å²) in [6.45, 7) is 0. The fourth-order valence-corrected chi connectivity index (χ4v) is 7.22. The molecule has 0 amide bonds. The summed E-state index contributed by atoms with van der Waals surface area (Å²) in [5, 5.41) is 7.94. The molecule has 0 N–H and O–H groups in total. The average molecular weight is 589 g/mol. The molecule has 10 rings (SSSR count). The standard InChI is InChI=1S/C40H24N6/c1-3-11-25(12-4-1)37-29-17-9-10-18-32(29)43-40(44-37)46-34-24-42-22-20-31(34)36-28-16-8-7-15-27(28)35-30-19-21-41-23-33(30)45(38(35)39(36)46)26-13-5-2-6-14-26/h1-24H. The smallest absolute Gasteiger partial charge is 0.235 e. The molecule has 0 atom stereocenters. The first-order valence-corrected chi connectivity index (χ1v) is 15.3. The van der Waals surface area contributed by atoms with E-state index in [2.05, 4.69) is 122 Å². The summed E-state index contributed by atoms with van der Waals surface area (Å²) < 4.78 is 4.56. The van der Waals surface area contributed by atoms with Gasteiger partial charge in [0.1, 0.15) is 0 Å². The number of hydrogen-bond donors (Lipinski definition) is 0. The van der Waals surface area contributed by atoms with Gasteiger partial charge < -0.3 is 4.57 Å². The minimum atomic E-state index is 0.602. The molecule has 10 aromatic rings. The second-order valence-corrected chi connectivity index (χ2v) is 11.5. The Labute approximate surface area is 262 Å². The van der Waals surface area contributed by atoms with Crippen molar-refractivity contribution in [1.82, 2.24) is 29.1 Å². The van der Waals surface area contributed by atoms with Crippen molar-refractivity contribution in [2.24, 2.45) is 0 Å². The number of benzene rings is 5. The Morgan fingerprint density at radius 2 is 0.978 bits per heavy atom. The zero-order chi connectivity index (χ0) is 30.2. The largest absolute Gasteiger partial charge is 0.306 e. The monoisotopic (exact) mass is 588 g/mol. The number of fused-ring (bicyclic) bond motifs is 11. The molecule has 46 heavy (non-hydrogen) atoms. The molecule has 5 aromatic carbocycles. The average Bonchev–Trinajstić information content (AvgIpc) is 3.66. The Kier molecular flexibility index (Phi) is 5.19. The highest BCUT2D eigenvalue weighted by molar-refractivity contribution is 6.36. The van der Waals surface area contributed by atoms with E-state index in [1.807, 2.05) is 43.0 Å². The van der Waals surface area contributed by atoms with E-state index in [9.17, 15) is 0 Å². The topological polar surface area (TPSA) is 61.4 Å². The van der Waals surface area contributed by atoms with E-state index in [0.29, 0.717) is 5.95 Å². The molecular weight excluding hydrogens is 564 g/mol. The van der Waals surface area contributed by atoms with E-state index >= 15 is 0 Å². The van der Waals surface area contributed by atoms with Gasteiger partial charge in [0.25, 0.3) is 0 Å². The molecule has 0 unspecified atom stereocenters. The molecule has 5 heterocycles. The zero-order valence-electron chi connectivity index (χ0n) is 24.5. The molecule has 0 spiro atoms. The van der Waals surface area contributed by atoms with Crippen LogP contribution in [0.2, 0.25) is 0 Å². The van der Waals surface area contributed by atoms with Gasteiger partial charge in [-0.1, -0.05) is 91.0 Å². The minimum Gasteiger partial charge on any atom is -0.306 e. The summed E-state index contributed by atoms with van der Waals surface area (Å²) in [5.41, 5.74) is 7.99. The molecule has 6 nitrogen and oxygen atoms in total. The van der Waals surface area contributed by atoms with Crippen LogP contribution in [0.15, 0.2) is 146 Å². The summed E-state index contributed by atoms with van der Waals surface area (Å²) in [6.07, 6.45) is 7.66. The maximum absolute atomic E-state index is 5.36. The van der Waals surface area contributed by atoms with Gasteiger partial charge in [-0.25, -0.2) is 9.97 Å². The zero-order valence-corrected chi connectivity index (χ0v) is 24.5. The SMILES string of the molecule is c1ccc(-c2nc(-n3c4cnccc4c4c5ccccc5c5c6ccncc6n(-c6ccccc6)c5c43)nc3ccccc23)cc1. The Bertz CT molecular complexity index is 2800. The second kappa shape index (κ2) is 9.55. The van der Waals surface area contributed by atoms with E-state index in [1.54, 1.807) is 0 Å². The molecule has 0 aliphatic rings. The highest BCUT2D eigenvalue weighted by Gasteiger charge is 2.26. The maximum Gasteiger partial charge on any atom is 0.235 e. The first kappa shape index (κ1) is 25.0. The fraction of sp³-hybridized carbons (Fsp3) is 0. The van der Waals surface area contributed by atoms with Crippen molar-refractivity contribution in [3.63, 3.8) is 0 Å². The van der Waals surface area contributed by atoms with E-state index in [1.165, 1.54) is 16.2 Å². The summed E-state index contributed by atoms with van der Waals surface area (Å²) in [4.78, 5) is 19.8. The van der Waals surface area contributed by atoms with Gasteiger partial charge in [-0.3, -0.25) is 14.5 Å². The van der Waals surface area contributed by atoms with Crippen molar-refractivity contribution in [3.8, 4) is 22.9 Å². The predicted molar refractivity (Wildman–Crippen MR) is 187 cm³/mol. The van der Waals surface area contributed by atoms with Gasteiger partial charge in [0.05, 0.1) is 45.7 Å². The molecule has 0 saturated carbocycles. The number of para-hydroxylation sites is 2. The number of rotatable bonds is 3. The van der Waals surface area contributed by atoms with Gasteiger partial charge in [0.15, 0.2) is 0 Å². The van der Waals surface area contributed by atoms with Crippen molar-refractivity contribution < 1.29 is 0 Å². The quantitative estimate of drug-likeness (QED) is 0.206. The van der Waals surface area contributed by atoms with E-state index in [0.717, 1.165) is 66.1 Å². The molecule has 0 saturated heterocycles. The lowest BCUT2D eigenvalue weighted by Gasteiger charge is -2.14. The Balaban J connectivity index is 1.50. The summed E-state index contributed by atoms with van der Waals surface area (Å²) in [7, 11) is 0. The lowest BCUT2D eigenvalue weighted by atomic mass is 9.99. The van der Waals surface area contributed by atoms with Crippen LogP contribution in [0.3, 0.4) is 0 Å². The Morgan fingerprint density at radius 3 is 1.65 bits per heavy atom. The molecular formula is C40H24N6. The molecule has 0 aliphatic carbocycles. The van der Waals surface area contributed by atoms with E-state index in [4.69, 9.17) is 9.97 Å². The molecule has 0 aliphatic heterocycles. The fourth-order valence-electron chi connectivity index (χ4n) is 7.22. The predicted octanol–water partition coefficient (Wildman–Crippen LogP) is 9.43. The first-order valence-electron chi connectivity index (χ1n) is 15.3. The van der Waals surface area contributed by atoms with Crippen molar-refractivity contribution in [3.05, 3.63) is 146 Å². The minimum absolute atomic E-state index is 0.602. The Morgan fingerprint density at radius 1 is 0.435 bits per heavy atom. The molecule has 0 fully saturated rings. The van der Waals surface area contributed by atoms with Crippen LogP contribution in [-0.2, 0) is 0 Å². The molecule has 0 radical (unpaired) electrons. The number of hydrogen-bond acceptors (Lipinski definition) is 4. The third-order valence-corrected chi connectivity index (χ3v) is 9.08. The third kappa shape index (κ3) is 3.41. The van der Waals surface area contributed by atoms with Crippen LogP contribution in [0.4, 0.5) is 0 Å². The number of nitrogens with zero attached hydrogens (tertiary/aromatic N) is 6. The summed E-state index contributed by atoms with van der Waals surface area (Å²) >= 11 is 0. The van der Waals surface area contributed by atoms with Gasteiger partial charge in [-0.15, -0.1) is 0 Å². The van der Waals surface area contributed by atoms with Crippen LogP contribution in [0.5, 0.6) is 0 Å². The van der Waals surface area contributed by atoms with Crippen molar-refractivity contribution in [1.29, 1.82) is 0 Å². The summed E-state index contributed by atoms with van der Waals surface area (Å²) in [6, 6.07) is 42.1.